The molecule has 1 unspecified atom stereocenters. The number of Topliss-reactive ketones (excluding diaryl/α,β-unsaturated/α-hetero) is 1. The molecule has 2 N–H and O–H groups in total. The highest BCUT2D eigenvalue weighted by Gasteiger charge is 2.22. The summed E-state index contributed by atoms with van der Waals surface area (Å²) < 4.78 is 5.13. The Hall–Kier alpha value is -3.00. The molecule has 2 amide bonds. The molecule has 2 aromatic rings. The summed E-state index contributed by atoms with van der Waals surface area (Å²) in [5.74, 6) is -1.58. The molecule has 1 heterocycles. The van der Waals surface area contributed by atoms with Gasteiger partial charge < -0.3 is 15.4 Å². The Kier molecular flexibility index (Phi) is 7.50. The molecule has 30 heavy (non-hydrogen) atoms. The Balaban J connectivity index is 1.86. The maximum Gasteiger partial charge on any atom is 0.326 e. The second-order valence-electron chi connectivity index (χ2n) is 7.87. The van der Waals surface area contributed by atoms with Crippen LogP contribution in [0, 0.1) is 12.3 Å². The number of hydrogen-bond acceptors (Lipinski definition) is 6. The van der Waals surface area contributed by atoms with Gasteiger partial charge in [0.25, 0.3) is 5.91 Å². The number of ketones is 1. The molecule has 0 fully saturated rings. The standard InChI is InChI=1S/C22H26N2O5S/c1-13-6-11-17(30-13)20(27)23-12-18(25)29-14(2)19(26)15-7-9-16(10-8-15)24-21(28)22(3,4)5/h6-11,14H,12H2,1-5H3,(H,23,27)(H,24,28). The second-order valence-corrected chi connectivity index (χ2v) is 9.16. The fourth-order valence-electron chi connectivity index (χ4n) is 2.36. The summed E-state index contributed by atoms with van der Waals surface area (Å²) in [6.07, 6.45) is -1.01. The monoisotopic (exact) mass is 430 g/mol. The summed E-state index contributed by atoms with van der Waals surface area (Å²) in [6, 6.07) is 9.86. The predicted molar refractivity (Wildman–Crippen MR) is 116 cm³/mol. The van der Waals surface area contributed by atoms with Crippen molar-refractivity contribution >= 4 is 40.6 Å². The van der Waals surface area contributed by atoms with E-state index in [1.165, 1.54) is 18.3 Å². The van der Waals surface area contributed by atoms with Crippen molar-refractivity contribution in [3.8, 4) is 0 Å². The summed E-state index contributed by atoms with van der Waals surface area (Å²) in [6.45, 7) is 8.44. The highest BCUT2D eigenvalue weighted by Crippen LogP contribution is 2.18. The summed E-state index contributed by atoms with van der Waals surface area (Å²) in [5.41, 5.74) is 0.388. The van der Waals surface area contributed by atoms with Gasteiger partial charge in [-0.05, 0) is 50.2 Å². The van der Waals surface area contributed by atoms with Gasteiger partial charge in [-0.3, -0.25) is 19.2 Å². The number of rotatable bonds is 7. The number of ether oxygens (including phenoxy) is 1. The minimum atomic E-state index is -1.01. The van der Waals surface area contributed by atoms with Crippen LogP contribution >= 0.6 is 11.3 Å². The Morgan fingerprint density at radius 3 is 2.20 bits per heavy atom. The van der Waals surface area contributed by atoms with Crippen molar-refractivity contribution in [1.29, 1.82) is 0 Å². The maximum absolute atomic E-state index is 12.5. The third kappa shape index (κ3) is 6.52. The smallest absolute Gasteiger partial charge is 0.326 e. The molecule has 7 nitrogen and oxygen atoms in total. The number of carbonyl (C=O) groups is 4. The zero-order valence-corrected chi connectivity index (χ0v) is 18.5. The molecule has 0 aliphatic heterocycles. The molecule has 0 saturated heterocycles. The SMILES string of the molecule is Cc1ccc(C(=O)NCC(=O)OC(C)C(=O)c2ccc(NC(=O)C(C)(C)C)cc2)s1. The van der Waals surface area contributed by atoms with Gasteiger partial charge in [0.1, 0.15) is 6.54 Å². The van der Waals surface area contributed by atoms with Crippen molar-refractivity contribution in [3.63, 3.8) is 0 Å². The van der Waals surface area contributed by atoms with E-state index in [4.69, 9.17) is 4.74 Å². The summed E-state index contributed by atoms with van der Waals surface area (Å²) in [4.78, 5) is 49.9. The van der Waals surface area contributed by atoms with E-state index in [2.05, 4.69) is 10.6 Å². The molecule has 0 aliphatic rings. The number of benzene rings is 1. The average molecular weight is 431 g/mol. The summed E-state index contributed by atoms with van der Waals surface area (Å²) in [7, 11) is 0. The van der Waals surface area contributed by atoms with E-state index in [0.717, 1.165) is 4.88 Å². The molecule has 0 saturated carbocycles. The molecule has 160 valence electrons. The molecule has 1 aromatic heterocycles. The van der Waals surface area contributed by atoms with E-state index in [1.54, 1.807) is 51.1 Å². The average Bonchev–Trinajstić information content (AvgIpc) is 3.11. The van der Waals surface area contributed by atoms with Gasteiger partial charge >= 0.3 is 5.97 Å². The van der Waals surface area contributed by atoms with Gasteiger partial charge in [0.15, 0.2) is 6.10 Å². The van der Waals surface area contributed by atoms with Gasteiger partial charge in [0.2, 0.25) is 11.7 Å². The number of anilines is 1. The van der Waals surface area contributed by atoms with Gasteiger partial charge in [0.05, 0.1) is 4.88 Å². The third-order valence-electron chi connectivity index (χ3n) is 4.14. The first-order chi connectivity index (χ1) is 14.0. The van der Waals surface area contributed by atoms with Crippen LogP contribution in [0.4, 0.5) is 5.69 Å². The van der Waals surface area contributed by atoms with Gasteiger partial charge in [0, 0.05) is 21.5 Å². The number of carbonyl (C=O) groups excluding carboxylic acids is 4. The molecule has 0 bridgehead atoms. The number of nitrogens with one attached hydrogen (secondary N) is 2. The van der Waals surface area contributed by atoms with E-state index in [0.29, 0.717) is 16.1 Å². The number of amides is 2. The Bertz CT molecular complexity index is 941. The quantitative estimate of drug-likeness (QED) is 0.516. The van der Waals surface area contributed by atoms with Crippen LogP contribution in [-0.2, 0) is 14.3 Å². The minimum absolute atomic E-state index is 0.136. The number of esters is 1. The molecule has 1 atom stereocenters. The van der Waals surface area contributed by atoms with Crippen molar-refractivity contribution in [2.24, 2.45) is 5.41 Å². The lowest BCUT2D eigenvalue weighted by molar-refractivity contribution is -0.145. The normalized spacial score (nSPS) is 12.0. The zero-order chi connectivity index (χ0) is 22.5. The van der Waals surface area contributed by atoms with Crippen molar-refractivity contribution in [3.05, 3.63) is 51.7 Å². The van der Waals surface area contributed by atoms with E-state index in [9.17, 15) is 19.2 Å². The fourth-order valence-corrected chi connectivity index (χ4v) is 3.14. The summed E-state index contributed by atoms with van der Waals surface area (Å²) in [5, 5.41) is 5.26. The molecule has 8 heteroatoms. The van der Waals surface area contributed by atoms with Crippen LogP contribution in [-0.4, -0.2) is 36.2 Å². The van der Waals surface area contributed by atoms with Crippen LogP contribution < -0.4 is 10.6 Å². The van der Waals surface area contributed by atoms with Gasteiger partial charge in [-0.1, -0.05) is 20.8 Å². The van der Waals surface area contributed by atoms with Crippen molar-refractivity contribution in [2.45, 2.75) is 40.7 Å². The molecular weight excluding hydrogens is 404 g/mol. The molecule has 1 aromatic carbocycles. The van der Waals surface area contributed by atoms with E-state index in [-0.39, 0.29) is 24.1 Å². The largest absolute Gasteiger partial charge is 0.453 e. The number of thiophene rings is 1. The van der Waals surface area contributed by atoms with Crippen LogP contribution in [0.25, 0.3) is 0 Å². The minimum Gasteiger partial charge on any atom is -0.453 e. The van der Waals surface area contributed by atoms with E-state index in [1.807, 2.05) is 13.0 Å². The predicted octanol–water partition coefficient (Wildman–Crippen LogP) is 3.59. The van der Waals surface area contributed by atoms with Gasteiger partial charge in [-0.15, -0.1) is 11.3 Å². The highest BCUT2D eigenvalue weighted by atomic mass is 32.1. The molecular formula is C22H26N2O5S. The number of hydrogen-bond donors (Lipinski definition) is 2. The lowest BCUT2D eigenvalue weighted by Gasteiger charge is -2.18. The first-order valence-corrected chi connectivity index (χ1v) is 10.3. The molecule has 0 spiro atoms. The van der Waals surface area contributed by atoms with Crippen molar-refractivity contribution in [1.82, 2.24) is 5.32 Å². The Morgan fingerprint density at radius 1 is 1.03 bits per heavy atom. The Morgan fingerprint density at radius 2 is 1.67 bits per heavy atom. The van der Waals surface area contributed by atoms with Crippen LogP contribution in [0.15, 0.2) is 36.4 Å². The fraction of sp³-hybridized carbons (Fsp3) is 0.364. The van der Waals surface area contributed by atoms with E-state index < -0.39 is 17.5 Å². The zero-order valence-electron chi connectivity index (χ0n) is 17.7. The lowest BCUT2D eigenvalue weighted by Crippen LogP contribution is -2.33. The topological polar surface area (TPSA) is 102 Å². The van der Waals surface area contributed by atoms with Crippen LogP contribution in [0.5, 0.6) is 0 Å². The van der Waals surface area contributed by atoms with Crippen LogP contribution in [0.1, 0.15) is 52.6 Å². The Labute approximate surface area is 179 Å². The first-order valence-electron chi connectivity index (χ1n) is 9.47. The van der Waals surface area contributed by atoms with Gasteiger partial charge in [-0.2, -0.15) is 0 Å². The van der Waals surface area contributed by atoms with Crippen molar-refractivity contribution < 1.29 is 23.9 Å². The van der Waals surface area contributed by atoms with Crippen LogP contribution in [0.2, 0.25) is 0 Å². The third-order valence-corrected chi connectivity index (χ3v) is 5.14. The molecule has 2 rings (SSSR count). The number of aryl methyl sites for hydroxylation is 1. The molecule has 0 radical (unpaired) electrons. The highest BCUT2D eigenvalue weighted by molar-refractivity contribution is 7.13. The lowest BCUT2D eigenvalue weighted by atomic mass is 9.95. The van der Waals surface area contributed by atoms with Crippen LogP contribution in [0.3, 0.4) is 0 Å². The van der Waals surface area contributed by atoms with E-state index >= 15 is 0 Å². The maximum atomic E-state index is 12.5. The first kappa shape index (κ1) is 23.3. The summed E-state index contributed by atoms with van der Waals surface area (Å²) >= 11 is 1.32. The van der Waals surface area contributed by atoms with Gasteiger partial charge in [-0.25, -0.2) is 0 Å². The molecule has 0 aliphatic carbocycles. The van der Waals surface area contributed by atoms with Crippen molar-refractivity contribution in [2.75, 3.05) is 11.9 Å². The second kappa shape index (κ2) is 9.67.